The quantitative estimate of drug-likeness (QED) is 0.857. The highest BCUT2D eigenvalue weighted by molar-refractivity contribution is 5.93. The molecule has 1 aliphatic heterocycles. The molecule has 21 heavy (non-hydrogen) atoms. The van der Waals surface area contributed by atoms with Gasteiger partial charge in [-0.05, 0) is 12.1 Å². The van der Waals surface area contributed by atoms with Crippen LogP contribution >= 0.6 is 0 Å². The molecule has 1 atom stereocenters. The molecule has 0 bridgehead atoms. The Morgan fingerprint density at radius 1 is 1.43 bits per heavy atom. The third-order valence-corrected chi connectivity index (χ3v) is 3.35. The Bertz CT molecular complexity index is 460. The summed E-state index contributed by atoms with van der Waals surface area (Å²) in [6, 6.07) is 1.41. The van der Waals surface area contributed by atoms with E-state index in [1.54, 1.807) is 6.07 Å². The van der Waals surface area contributed by atoms with Crippen LogP contribution in [-0.2, 0) is 0 Å². The molecule has 116 valence electrons. The fourth-order valence-corrected chi connectivity index (χ4v) is 2.23. The second-order valence-electron chi connectivity index (χ2n) is 4.80. The van der Waals surface area contributed by atoms with Gasteiger partial charge in [-0.15, -0.1) is 0 Å². The number of amides is 1. The maximum absolute atomic E-state index is 13.1. The zero-order valence-corrected chi connectivity index (χ0v) is 11.4. The summed E-state index contributed by atoms with van der Waals surface area (Å²) in [6.45, 7) is 1.20. The molecule has 0 aromatic carbocycles. The normalized spacial score (nSPS) is 18.2. The SMILES string of the molecule is O=C(NCC(N1CCNCC1)C(F)(F)F)c1cccnc1. The molecular formula is C13H17F3N4O. The largest absolute Gasteiger partial charge is 0.405 e. The Kier molecular flexibility index (Phi) is 5.13. The van der Waals surface area contributed by atoms with Crippen molar-refractivity contribution in [3.05, 3.63) is 30.1 Å². The van der Waals surface area contributed by atoms with Crippen molar-refractivity contribution < 1.29 is 18.0 Å². The molecule has 1 amide bonds. The highest BCUT2D eigenvalue weighted by Gasteiger charge is 2.43. The number of halogens is 3. The maximum atomic E-state index is 13.1. The van der Waals surface area contributed by atoms with Gasteiger partial charge in [0.2, 0.25) is 0 Å². The number of rotatable bonds is 4. The molecule has 2 N–H and O–H groups in total. The van der Waals surface area contributed by atoms with Gasteiger partial charge in [0.25, 0.3) is 5.91 Å². The van der Waals surface area contributed by atoms with Crippen LogP contribution in [0.15, 0.2) is 24.5 Å². The summed E-state index contributed by atoms with van der Waals surface area (Å²) in [5.74, 6) is -0.549. The Hall–Kier alpha value is -1.67. The molecule has 0 saturated carbocycles. The lowest BCUT2D eigenvalue weighted by atomic mass is 10.2. The smallest absolute Gasteiger partial charge is 0.350 e. The highest BCUT2D eigenvalue weighted by Crippen LogP contribution is 2.24. The van der Waals surface area contributed by atoms with E-state index in [1.807, 2.05) is 0 Å². The van der Waals surface area contributed by atoms with Crippen LogP contribution in [0.2, 0.25) is 0 Å². The van der Waals surface area contributed by atoms with Gasteiger partial charge >= 0.3 is 6.18 Å². The Morgan fingerprint density at radius 3 is 2.71 bits per heavy atom. The van der Waals surface area contributed by atoms with Crippen LogP contribution in [0.5, 0.6) is 0 Å². The summed E-state index contributed by atoms with van der Waals surface area (Å²) in [4.78, 5) is 16.9. The molecule has 1 aliphatic rings. The predicted octanol–water partition coefficient (Wildman–Crippen LogP) is 0.647. The first-order valence-electron chi connectivity index (χ1n) is 6.68. The van der Waals surface area contributed by atoms with Crippen LogP contribution in [0, 0.1) is 0 Å². The maximum Gasteiger partial charge on any atom is 0.405 e. The molecule has 1 aromatic heterocycles. The van der Waals surface area contributed by atoms with E-state index in [2.05, 4.69) is 15.6 Å². The van der Waals surface area contributed by atoms with Gasteiger partial charge in [0.1, 0.15) is 6.04 Å². The highest BCUT2D eigenvalue weighted by atomic mass is 19.4. The first kappa shape index (κ1) is 15.7. The number of nitrogens with one attached hydrogen (secondary N) is 2. The van der Waals surface area contributed by atoms with Gasteiger partial charge in [-0.1, -0.05) is 0 Å². The second-order valence-corrected chi connectivity index (χ2v) is 4.80. The molecule has 5 nitrogen and oxygen atoms in total. The summed E-state index contributed by atoms with van der Waals surface area (Å²) in [5.41, 5.74) is 0.249. The number of alkyl halides is 3. The van der Waals surface area contributed by atoms with Crippen LogP contribution in [0.3, 0.4) is 0 Å². The summed E-state index contributed by atoms with van der Waals surface area (Å²) in [6.07, 6.45) is -1.56. The van der Waals surface area contributed by atoms with Crippen LogP contribution in [0.1, 0.15) is 10.4 Å². The van der Waals surface area contributed by atoms with E-state index >= 15 is 0 Å². The number of pyridine rings is 1. The summed E-state index contributed by atoms with van der Waals surface area (Å²) in [7, 11) is 0. The topological polar surface area (TPSA) is 57.3 Å². The number of aromatic nitrogens is 1. The predicted molar refractivity (Wildman–Crippen MR) is 70.9 cm³/mol. The number of hydrogen-bond donors (Lipinski definition) is 2. The van der Waals surface area contributed by atoms with Gasteiger partial charge in [0, 0.05) is 45.1 Å². The van der Waals surface area contributed by atoms with Gasteiger partial charge in [-0.3, -0.25) is 14.7 Å². The monoisotopic (exact) mass is 302 g/mol. The molecule has 2 heterocycles. The fourth-order valence-electron chi connectivity index (χ4n) is 2.23. The fraction of sp³-hybridized carbons (Fsp3) is 0.538. The zero-order chi connectivity index (χ0) is 15.3. The number of hydrogen-bond acceptors (Lipinski definition) is 4. The molecule has 0 aliphatic carbocycles. The van der Waals surface area contributed by atoms with Crippen molar-refractivity contribution in [2.24, 2.45) is 0 Å². The molecular weight excluding hydrogens is 285 g/mol. The first-order valence-corrected chi connectivity index (χ1v) is 6.68. The molecule has 1 unspecified atom stereocenters. The van der Waals surface area contributed by atoms with Gasteiger partial charge in [-0.2, -0.15) is 13.2 Å². The molecule has 8 heteroatoms. The number of carbonyl (C=O) groups excluding carboxylic acids is 1. The molecule has 1 fully saturated rings. The minimum absolute atomic E-state index is 0.249. The number of carbonyl (C=O) groups is 1. The molecule has 0 radical (unpaired) electrons. The minimum atomic E-state index is -4.38. The van der Waals surface area contributed by atoms with E-state index in [0.29, 0.717) is 26.2 Å². The summed E-state index contributed by atoms with van der Waals surface area (Å²) in [5, 5.41) is 5.35. The van der Waals surface area contributed by atoms with Crippen LogP contribution in [0.4, 0.5) is 13.2 Å². The Morgan fingerprint density at radius 2 is 2.14 bits per heavy atom. The molecule has 2 rings (SSSR count). The van der Waals surface area contributed by atoms with Crippen LogP contribution < -0.4 is 10.6 Å². The van der Waals surface area contributed by atoms with E-state index in [4.69, 9.17) is 0 Å². The number of nitrogens with zero attached hydrogens (tertiary/aromatic N) is 2. The van der Waals surface area contributed by atoms with Crippen LogP contribution in [0.25, 0.3) is 0 Å². The van der Waals surface area contributed by atoms with Crippen molar-refractivity contribution in [2.75, 3.05) is 32.7 Å². The van der Waals surface area contributed by atoms with Crippen LogP contribution in [-0.4, -0.2) is 60.7 Å². The van der Waals surface area contributed by atoms with E-state index in [0.717, 1.165) is 0 Å². The second kappa shape index (κ2) is 6.86. The summed E-state index contributed by atoms with van der Waals surface area (Å²) < 4.78 is 39.4. The van der Waals surface area contributed by atoms with Crippen molar-refractivity contribution in [1.29, 1.82) is 0 Å². The van der Waals surface area contributed by atoms with Crippen molar-refractivity contribution >= 4 is 5.91 Å². The van der Waals surface area contributed by atoms with Crippen molar-refractivity contribution in [2.45, 2.75) is 12.2 Å². The third-order valence-electron chi connectivity index (χ3n) is 3.35. The standard InChI is InChI=1S/C13H17F3N4O/c14-13(15,16)11(20-6-4-17-5-7-20)9-19-12(21)10-2-1-3-18-8-10/h1-3,8,11,17H,4-7,9H2,(H,19,21). The third kappa shape index (κ3) is 4.40. The van der Waals surface area contributed by atoms with Gasteiger partial charge in [0.05, 0.1) is 5.56 Å². The van der Waals surface area contributed by atoms with Crippen molar-refractivity contribution in [3.8, 4) is 0 Å². The Labute approximate surface area is 120 Å². The average Bonchev–Trinajstić information content (AvgIpc) is 2.48. The van der Waals surface area contributed by atoms with Crippen molar-refractivity contribution in [1.82, 2.24) is 20.5 Å². The van der Waals surface area contributed by atoms with E-state index < -0.39 is 24.7 Å². The lowest BCUT2D eigenvalue weighted by molar-refractivity contribution is -0.183. The van der Waals surface area contributed by atoms with Gasteiger partial charge < -0.3 is 10.6 Å². The Balaban J connectivity index is 1.97. The number of piperazine rings is 1. The molecule has 1 aromatic rings. The summed E-state index contributed by atoms with van der Waals surface area (Å²) >= 11 is 0. The van der Waals surface area contributed by atoms with Crippen molar-refractivity contribution in [3.63, 3.8) is 0 Å². The minimum Gasteiger partial charge on any atom is -0.350 e. The lowest BCUT2D eigenvalue weighted by Gasteiger charge is -2.35. The molecule has 1 saturated heterocycles. The average molecular weight is 302 g/mol. The zero-order valence-electron chi connectivity index (χ0n) is 11.4. The van der Waals surface area contributed by atoms with E-state index in [1.165, 1.54) is 23.4 Å². The van der Waals surface area contributed by atoms with E-state index in [9.17, 15) is 18.0 Å². The lowest BCUT2D eigenvalue weighted by Crippen LogP contribution is -2.57. The first-order chi connectivity index (χ1) is 9.98. The van der Waals surface area contributed by atoms with E-state index in [-0.39, 0.29) is 5.56 Å². The molecule has 0 spiro atoms. The van der Waals surface area contributed by atoms with Gasteiger partial charge in [-0.25, -0.2) is 0 Å². The van der Waals surface area contributed by atoms with Gasteiger partial charge in [0.15, 0.2) is 0 Å².